The molecular weight excluding hydrogens is 358 g/mol. The standard InChI is InChI=1S/C18H23NO8/c1-13(20)25-11-17(22)24-9-8-16(19-15-6-4-3-5-7-15)10-27-18(23)12-26-14(2)21/h3-7,16,19H,8-12H2,1-2H3. The van der Waals surface area contributed by atoms with Crippen molar-refractivity contribution in [2.75, 3.05) is 31.7 Å². The van der Waals surface area contributed by atoms with Crippen LogP contribution in [-0.2, 0) is 38.1 Å². The van der Waals surface area contributed by atoms with Gasteiger partial charge in [-0.1, -0.05) is 18.2 Å². The van der Waals surface area contributed by atoms with Gasteiger partial charge in [0.25, 0.3) is 0 Å². The van der Waals surface area contributed by atoms with Gasteiger partial charge in [-0.05, 0) is 12.1 Å². The third kappa shape index (κ3) is 11.2. The number of carbonyl (C=O) groups excluding carboxylic acids is 4. The van der Waals surface area contributed by atoms with Crippen molar-refractivity contribution in [2.45, 2.75) is 26.3 Å². The van der Waals surface area contributed by atoms with E-state index in [-0.39, 0.29) is 19.3 Å². The molecule has 27 heavy (non-hydrogen) atoms. The lowest BCUT2D eigenvalue weighted by molar-refractivity contribution is -0.158. The maximum Gasteiger partial charge on any atom is 0.344 e. The highest BCUT2D eigenvalue weighted by atomic mass is 16.6. The fraction of sp³-hybridized carbons (Fsp3) is 0.444. The molecule has 1 N–H and O–H groups in total. The van der Waals surface area contributed by atoms with E-state index in [2.05, 4.69) is 14.8 Å². The Labute approximate surface area is 156 Å². The predicted molar refractivity (Wildman–Crippen MR) is 93.7 cm³/mol. The van der Waals surface area contributed by atoms with Crippen LogP contribution in [0.25, 0.3) is 0 Å². The molecule has 0 aliphatic carbocycles. The van der Waals surface area contributed by atoms with Gasteiger partial charge in [-0.25, -0.2) is 9.59 Å². The van der Waals surface area contributed by atoms with Crippen LogP contribution in [0.5, 0.6) is 0 Å². The molecule has 0 spiro atoms. The van der Waals surface area contributed by atoms with Gasteiger partial charge in [0.15, 0.2) is 13.2 Å². The highest BCUT2D eigenvalue weighted by Crippen LogP contribution is 2.10. The van der Waals surface area contributed by atoms with Crippen LogP contribution in [0, 0.1) is 0 Å². The van der Waals surface area contributed by atoms with Gasteiger partial charge in [0.2, 0.25) is 0 Å². The third-order valence-corrected chi connectivity index (χ3v) is 3.11. The molecule has 1 atom stereocenters. The van der Waals surface area contributed by atoms with E-state index in [1.807, 2.05) is 30.3 Å². The number of ether oxygens (including phenoxy) is 4. The normalized spacial score (nSPS) is 11.0. The highest BCUT2D eigenvalue weighted by molar-refractivity contribution is 5.75. The van der Waals surface area contributed by atoms with Crippen molar-refractivity contribution in [3.63, 3.8) is 0 Å². The van der Waals surface area contributed by atoms with Crippen molar-refractivity contribution < 1.29 is 38.1 Å². The van der Waals surface area contributed by atoms with E-state index >= 15 is 0 Å². The summed E-state index contributed by atoms with van der Waals surface area (Å²) >= 11 is 0. The summed E-state index contributed by atoms with van der Waals surface area (Å²) in [4.78, 5) is 44.4. The lowest BCUT2D eigenvalue weighted by Gasteiger charge is -2.20. The topological polar surface area (TPSA) is 117 Å². The van der Waals surface area contributed by atoms with Gasteiger partial charge in [-0.3, -0.25) is 9.59 Å². The van der Waals surface area contributed by atoms with Crippen LogP contribution < -0.4 is 5.32 Å². The number of rotatable bonds is 11. The summed E-state index contributed by atoms with van der Waals surface area (Å²) in [6.07, 6.45) is 0.335. The molecule has 0 aliphatic rings. The smallest absolute Gasteiger partial charge is 0.344 e. The van der Waals surface area contributed by atoms with Crippen LogP contribution in [0.4, 0.5) is 5.69 Å². The molecule has 0 saturated heterocycles. The molecule has 1 unspecified atom stereocenters. The van der Waals surface area contributed by atoms with Gasteiger partial charge in [-0.2, -0.15) is 0 Å². The van der Waals surface area contributed by atoms with Gasteiger partial charge < -0.3 is 24.3 Å². The van der Waals surface area contributed by atoms with Gasteiger partial charge >= 0.3 is 23.9 Å². The first kappa shape index (κ1) is 21.9. The molecule has 0 aliphatic heterocycles. The molecule has 0 saturated carbocycles. The molecule has 0 radical (unpaired) electrons. The zero-order chi connectivity index (χ0) is 20.1. The second kappa shape index (κ2) is 12.3. The second-order valence-electron chi connectivity index (χ2n) is 5.46. The Hall–Kier alpha value is -3.10. The molecular formula is C18H23NO8. The van der Waals surface area contributed by atoms with Crippen molar-refractivity contribution in [1.82, 2.24) is 0 Å². The zero-order valence-electron chi connectivity index (χ0n) is 15.3. The number of hydrogen-bond donors (Lipinski definition) is 1. The maximum absolute atomic E-state index is 11.6. The molecule has 0 amide bonds. The Morgan fingerprint density at radius 2 is 1.41 bits per heavy atom. The summed E-state index contributed by atoms with van der Waals surface area (Å²) in [5, 5.41) is 3.16. The Kier molecular flexibility index (Phi) is 9.98. The van der Waals surface area contributed by atoms with E-state index in [0.717, 1.165) is 5.69 Å². The van der Waals surface area contributed by atoms with Gasteiger partial charge in [0.05, 0.1) is 12.6 Å². The minimum absolute atomic E-state index is 0.0174. The minimum atomic E-state index is -0.683. The summed E-state index contributed by atoms with van der Waals surface area (Å²) in [5.74, 6) is -2.51. The average molecular weight is 381 g/mol. The SMILES string of the molecule is CC(=O)OCC(=O)OCCC(COC(=O)COC(C)=O)Nc1ccccc1. The number of benzene rings is 1. The monoisotopic (exact) mass is 381 g/mol. The van der Waals surface area contributed by atoms with Gasteiger partial charge in [0, 0.05) is 26.0 Å². The van der Waals surface area contributed by atoms with Crippen molar-refractivity contribution >= 4 is 29.6 Å². The van der Waals surface area contributed by atoms with Crippen molar-refractivity contribution in [3.05, 3.63) is 30.3 Å². The lowest BCUT2D eigenvalue weighted by atomic mass is 10.2. The van der Waals surface area contributed by atoms with E-state index in [4.69, 9.17) is 9.47 Å². The summed E-state index contributed by atoms with van der Waals surface area (Å²) in [6.45, 7) is 1.48. The molecule has 9 nitrogen and oxygen atoms in total. The van der Waals surface area contributed by atoms with E-state index in [0.29, 0.717) is 6.42 Å². The van der Waals surface area contributed by atoms with E-state index in [9.17, 15) is 19.2 Å². The van der Waals surface area contributed by atoms with Crippen molar-refractivity contribution in [2.24, 2.45) is 0 Å². The van der Waals surface area contributed by atoms with Gasteiger partial charge in [-0.15, -0.1) is 0 Å². The number of anilines is 1. The first-order valence-electron chi connectivity index (χ1n) is 8.26. The Bertz CT molecular complexity index is 632. The van der Waals surface area contributed by atoms with Gasteiger partial charge in [0.1, 0.15) is 6.61 Å². The number of nitrogens with one attached hydrogen (secondary N) is 1. The fourth-order valence-corrected chi connectivity index (χ4v) is 1.88. The maximum atomic E-state index is 11.6. The molecule has 0 aromatic heterocycles. The largest absolute Gasteiger partial charge is 0.463 e. The first-order chi connectivity index (χ1) is 12.9. The zero-order valence-corrected chi connectivity index (χ0v) is 15.3. The Balaban J connectivity index is 2.47. The van der Waals surface area contributed by atoms with Crippen molar-refractivity contribution in [3.8, 4) is 0 Å². The van der Waals surface area contributed by atoms with E-state index < -0.39 is 37.1 Å². The number of para-hydroxylation sites is 1. The minimum Gasteiger partial charge on any atom is -0.463 e. The lowest BCUT2D eigenvalue weighted by Crippen LogP contribution is -2.30. The predicted octanol–water partition coefficient (Wildman–Crippen LogP) is 1.07. The van der Waals surface area contributed by atoms with E-state index in [1.165, 1.54) is 13.8 Å². The molecule has 1 rings (SSSR count). The Morgan fingerprint density at radius 3 is 1.96 bits per heavy atom. The summed E-state index contributed by atoms with van der Waals surface area (Å²) < 4.78 is 19.2. The molecule has 9 heteroatoms. The molecule has 1 aromatic carbocycles. The summed E-state index contributed by atoms with van der Waals surface area (Å²) in [6, 6.07) is 8.85. The van der Waals surface area contributed by atoms with Crippen LogP contribution in [0.1, 0.15) is 20.3 Å². The van der Waals surface area contributed by atoms with Crippen LogP contribution in [0.3, 0.4) is 0 Å². The Morgan fingerprint density at radius 1 is 0.852 bits per heavy atom. The van der Waals surface area contributed by atoms with Crippen LogP contribution in [0.2, 0.25) is 0 Å². The summed E-state index contributed by atoms with van der Waals surface area (Å²) in [5.41, 5.74) is 0.796. The number of carbonyl (C=O) groups is 4. The first-order valence-corrected chi connectivity index (χ1v) is 8.26. The highest BCUT2D eigenvalue weighted by Gasteiger charge is 2.14. The average Bonchev–Trinajstić information content (AvgIpc) is 2.63. The summed E-state index contributed by atoms with van der Waals surface area (Å²) in [7, 11) is 0. The van der Waals surface area contributed by atoms with Crippen LogP contribution in [0.15, 0.2) is 30.3 Å². The van der Waals surface area contributed by atoms with Crippen molar-refractivity contribution in [1.29, 1.82) is 0 Å². The van der Waals surface area contributed by atoms with Crippen LogP contribution >= 0.6 is 0 Å². The quantitative estimate of drug-likeness (QED) is 0.443. The molecule has 0 fully saturated rings. The number of esters is 4. The third-order valence-electron chi connectivity index (χ3n) is 3.11. The second-order valence-corrected chi connectivity index (χ2v) is 5.46. The fourth-order valence-electron chi connectivity index (χ4n) is 1.88. The van der Waals surface area contributed by atoms with Crippen LogP contribution in [-0.4, -0.2) is 56.3 Å². The van der Waals surface area contributed by atoms with E-state index in [1.54, 1.807) is 0 Å². The molecule has 0 bridgehead atoms. The molecule has 148 valence electrons. The number of hydrogen-bond acceptors (Lipinski definition) is 9. The molecule has 1 aromatic rings. The molecule has 0 heterocycles.